The maximum atomic E-state index is 13.8. The monoisotopic (exact) mass is 836 g/mol. The van der Waals surface area contributed by atoms with E-state index < -0.39 is 23.9 Å². The van der Waals surface area contributed by atoms with Crippen LogP contribution in [0.1, 0.15) is 41.4 Å². The first-order chi connectivity index (χ1) is 29.4. The molecule has 0 N–H and O–H groups in total. The van der Waals surface area contributed by atoms with E-state index in [1.165, 1.54) is 0 Å². The summed E-state index contributed by atoms with van der Waals surface area (Å²) < 4.78 is 64.4. The zero-order chi connectivity index (χ0) is 42.7. The first kappa shape index (κ1) is 46.0. The first-order valence-electron chi connectivity index (χ1n) is 19.5. The van der Waals surface area contributed by atoms with Gasteiger partial charge >= 0.3 is 23.9 Å². The Hall–Kier alpha value is -5.04. The van der Waals surface area contributed by atoms with E-state index in [-0.39, 0.29) is 75.1 Å². The fourth-order valence-electron chi connectivity index (χ4n) is 6.63. The predicted octanol–water partition coefficient (Wildman–Crippen LogP) is 5.02. The topological polar surface area (TPSA) is 179 Å². The molecule has 0 aliphatic rings. The first-order valence-corrected chi connectivity index (χ1v) is 19.5. The van der Waals surface area contributed by atoms with E-state index in [4.69, 9.17) is 56.8 Å². The number of rotatable bonds is 28. The summed E-state index contributed by atoms with van der Waals surface area (Å²) >= 11 is 0. The summed E-state index contributed by atoms with van der Waals surface area (Å²) in [6, 6.07) is 13.4. The number of hydrogen-bond acceptors (Lipinski definition) is 16. The lowest BCUT2D eigenvalue weighted by Crippen LogP contribution is -2.16. The van der Waals surface area contributed by atoms with Crippen molar-refractivity contribution in [3.05, 3.63) is 70.8 Å². The Morgan fingerprint density at radius 1 is 0.300 bits per heavy atom. The molecule has 0 bridgehead atoms. The van der Waals surface area contributed by atoms with Crippen LogP contribution in [-0.4, -0.2) is 158 Å². The molecule has 5 rings (SSSR count). The number of hydrogen-bond donors (Lipinski definition) is 0. The van der Waals surface area contributed by atoms with Crippen molar-refractivity contribution in [3.63, 3.8) is 0 Å². The second kappa shape index (κ2) is 24.3. The highest BCUT2D eigenvalue weighted by Crippen LogP contribution is 2.44. The number of esters is 4. The van der Waals surface area contributed by atoms with Gasteiger partial charge in [-0.25, -0.2) is 19.2 Å². The summed E-state index contributed by atoms with van der Waals surface area (Å²) in [5.41, 5.74) is 0.542. The normalized spacial score (nSPS) is 11.5. The fraction of sp³-hybridized carbons (Fsp3) is 0.455. The molecule has 0 saturated heterocycles. The van der Waals surface area contributed by atoms with Gasteiger partial charge in [0.25, 0.3) is 0 Å². The summed E-state index contributed by atoms with van der Waals surface area (Å²) in [5.74, 6) is -2.68. The lowest BCUT2D eigenvalue weighted by atomic mass is 9.84. The fourth-order valence-corrected chi connectivity index (χ4v) is 6.63. The number of carbonyl (C=O) groups excluding carboxylic acids is 4. The second-order valence-corrected chi connectivity index (χ2v) is 13.1. The van der Waals surface area contributed by atoms with Gasteiger partial charge in [-0.3, -0.25) is 0 Å². The number of fused-ring (bicyclic) bond motifs is 2. The summed E-state index contributed by atoms with van der Waals surface area (Å²) in [6.45, 7) is 3.28. The molecule has 0 spiro atoms. The number of methoxy groups -OCH3 is 4. The molecule has 16 nitrogen and oxygen atoms in total. The molecule has 0 aromatic heterocycles. The Balaban J connectivity index is 1.62. The van der Waals surface area contributed by atoms with E-state index in [9.17, 15) is 19.2 Å². The van der Waals surface area contributed by atoms with Crippen molar-refractivity contribution in [2.75, 3.05) is 134 Å². The smallest absolute Gasteiger partial charge is 0.338 e. The van der Waals surface area contributed by atoms with Crippen molar-refractivity contribution in [2.45, 2.75) is 0 Å². The van der Waals surface area contributed by atoms with Crippen LogP contribution in [-0.2, 0) is 56.8 Å². The molecule has 16 heteroatoms. The Morgan fingerprint density at radius 2 is 0.517 bits per heavy atom. The van der Waals surface area contributed by atoms with Crippen LogP contribution in [0.2, 0.25) is 0 Å². The zero-order valence-corrected chi connectivity index (χ0v) is 34.5. The molecule has 0 unspecified atom stereocenters. The molecule has 0 fully saturated rings. The molecule has 0 aliphatic carbocycles. The van der Waals surface area contributed by atoms with Gasteiger partial charge in [-0.05, 0) is 56.6 Å². The van der Waals surface area contributed by atoms with E-state index in [0.717, 1.165) is 0 Å². The summed E-state index contributed by atoms with van der Waals surface area (Å²) in [4.78, 5) is 55.2. The molecule has 0 atom stereocenters. The van der Waals surface area contributed by atoms with Gasteiger partial charge in [-0.1, -0.05) is 24.3 Å². The Kier molecular flexibility index (Phi) is 18.6. The molecule has 0 heterocycles. The quantitative estimate of drug-likeness (QED) is 0.0215. The van der Waals surface area contributed by atoms with E-state index in [1.54, 1.807) is 77.0 Å². The third-order valence-corrected chi connectivity index (χ3v) is 9.35. The van der Waals surface area contributed by atoms with Crippen molar-refractivity contribution in [2.24, 2.45) is 0 Å². The molecule has 0 aliphatic heterocycles. The molecule has 0 amide bonds. The molecule has 0 radical (unpaired) electrons. The third kappa shape index (κ3) is 11.6. The highest BCUT2D eigenvalue weighted by molar-refractivity contribution is 6.38. The average molecular weight is 837 g/mol. The van der Waals surface area contributed by atoms with Gasteiger partial charge in [0.15, 0.2) is 0 Å². The highest BCUT2D eigenvalue weighted by Gasteiger charge is 2.27. The Labute approximate surface area is 347 Å². The van der Waals surface area contributed by atoms with Crippen molar-refractivity contribution >= 4 is 67.0 Å². The van der Waals surface area contributed by atoms with Crippen molar-refractivity contribution in [1.82, 2.24) is 0 Å². The minimum atomic E-state index is -0.671. The van der Waals surface area contributed by atoms with E-state index in [0.29, 0.717) is 95.9 Å². The lowest BCUT2D eigenvalue weighted by Gasteiger charge is -2.20. The Bertz CT molecular complexity index is 1890. The summed E-state index contributed by atoms with van der Waals surface area (Å²) in [5, 5.41) is 4.33. The number of carbonyl (C=O) groups is 4. The van der Waals surface area contributed by atoms with Crippen molar-refractivity contribution < 1.29 is 76.0 Å². The van der Waals surface area contributed by atoms with E-state index in [1.807, 2.05) is 0 Å². The van der Waals surface area contributed by atoms with Gasteiger partial charge in [0.05, 0.1) is 102 Å². The van der Waals surface area contributed by atoms with Crippen LogP contribution in [0.3, 0.4) is 0 Å². The number of benzene rings is 5. The summed E-state index contributed by atoms with van der Waals surface area (Å²) in [6.07, 6.45) is 0. The standard InChI is InChI=1S/C44H52O16/c1-49-13-17-53-21-25-57-41(45)33-9-5-29-31-7-11-35(43(47)59-27-23-55-19-15-51-3)40-36(44(48)60-28-24-56-20-16-52-4)12-8-32(38(31)40)30-6-10-34(39(33)37(29)30)42(46)58-26-22-54-18-14-50-2/h5-12H,13-28H2,1-4H3. The van der Waals surface area contributed by atoms with Crippen LogP contribution in [0, 0.1) is 0 Å². The largest absolute Gasteiger partial charge is 0.460 e. The molecule has 0 saturated carbocycles. The van der Waals surface area contributed by atoms with E-state index >= 15 is 0 Å². The Morgan fingerprint density at radius 3 is 0.733 bits per heavy atom. The van der Waals surface area contributed by atoms with E-state index in [2.05, 4.69) is 0 Å². The van der Waals surface area contributed by atoms with Gasteiger partial charge in [0.2, 0.25) is 0 Å². The van der Waals surface area contributed by atoms with Crippen LogP contribution >= 0.6 is 0 Å². The summed E-state index contributed by atoms with van der Waals surface area (Å²) in [7, 11) is 6.24. The highest BCUT2D eigenvalue weighted by atomic mass is 16.6. The van der Waals surface area contributed by atoms with Crippen LogP contribution < -0.4 is 0 Å². The van der Waals surface area contributed by atoms with Crippen LogP contribution in [0.4, 0.5) is 0 Å². The average Bonchev–Trinajstić information content (AvgIpc) is 3.26. The third-order valence-electron chi connectivity index (χ3n) is 9.35. The van der Waals surface area contributed by atoms with Gasteiger partial charge < -0.3 is 56.8 Å². The van der Waals surface area contributed by atoms with Gasteiger partial charge in [0, 0.05) is 39.2 Å². The van der Waals surface area contributed by atoms with Crippen LogP contribution in [0.5, 0.6) is 0 Å². The molecular formula is C44H52O16. The maximum Gasteiger partial charge on any atom is 0.338 e. The van der Waals surface area contributed by atoms with Crippen LogP contribution in [0.25, 0.3) is 43.1 Å². The van der Waals surface area contributed by atoms with Crippen molar-refractivity contribution in [3.8, 4) is 0 Å². The minimum absolute atomic E-state index is 0.0392. The molecular weight excluding hydrogens is 784 g/mol. The van der Waals surface area contributed by atoms with Gasteiger partial charge in [0.1, 0.15) is 26.4 Å². The number of ether oxygens (including phenoxy) is 12. The maximum absolute atomic E-state index is 13.8. The van der Waals surface area contributed by atoms with Gasteiger partial charge in [-0.15, -0.1) is 0 Å². The molecule has 5 aromatic rings. The zero-order valence-electron chi connectivity index (χ0n) is 34.5. The lowest BCUT2D eigenvalue weighted by molar-refractivity contribution is 0.0206. The SMILES string of the molecule is COCCOCCOC(=O)c1ccc2c3ccc(C(=O)OCCOCCOC)c4c(C(=O)OCCOCCOC)ccc(c5ccc(C(=O)OCCOCCOC)c1c25)c43. The van der Waals surface area contributed by atoms with Crippen molar-refractivity contribution in [1.29, 1.82) is 0 Å². The molecule has 60 heavy (non-hydrogen) atoms. The second-order valence-electron chi connectivity index (χ2n) is 13.1. The van der Waals surface area contributed by atoms with Crippen LogP contribution in [0.15, 0.2) is 48.5 Å². The van der Waals surface area contributed by atoms with Gasteiger partial charge in [-0.2, -0.15) is 0 Å². The molecule has 5 aromatic carbocycles. The minimum Gasteiger partial charge on any atom is -0.460 e. The molecule has 324 valence electrons. The predicted molar refractivity (Wildman–Crippen MR) is 220 cm³/mol.